The average molecular weight is 295 g/mol. The fraction of sp³-hybridized carbons (Fsp3) is 0.417. The van der Waals surface area contributed by atoms with Crippen molar-refractivity contribution in [1.82, 2.24) is 5.32 Å². The molecule has 3 N–H and O–H groups in total. The first-order valence-corrected chi connectivity index (χ1v) is 5.45. The van der Waals surface area contributed by atoms with Gasteiger partial charge in [-0.2, -0.15) is 0 Å². The zero-order valence-electron chi connectivity index (χ0n) is 10.5. The Kier molecular flexibility index (Phi) is 7.33. The molecule has 1 amide bonds. The van der Waals surface area contributed by atoms with Gasteiger partial charge >= 0.3 is 0 Å². The number of halogens is 3. The summed E-state index contributed by atoms with van der Waals surface area (Å²) in [6, 6.07) is 6.93. The van der Waals surface area contributed by atoms with E-state index >= 15 is 0 Å². The third kappa shape index (κ3) is 5.85. The number of hydrogen-bond acceptors (Lipinski definition) is 3. The van der Waals surface area contributed by atoms with Crippen molar-refractivity contribution in [2.24, 2.45) is 5.73 Å². The predicted octanol–water partition coefficient (Wildman–Crippen LogP) is 1.37. The van der Waals surface area contributed by atoms with Crippen molar-refractivity contribution in [3.8, 4) is 5.75 Å². The lowest BCUT2D eigenvalue weighted by Gasteiger charge is -2.15. The van der Waals surface area contributed by atoms with Gasteiger partial charge in [0.05, 0.1) is 26.6 Å². The number of nitrogens with one attached hydrogen (secondary N) is 1. The van der Waals surface area contributed by atoms with Crippen LogP contribution < -0.4 is 15.8 Å². The van der Waals surface area contributed by atoms with Gasteiger partial charge in [-0.1, -0.05) is 18.2 Å². The highest BCUT2D eigenvalue weighted by Crippen LogP contribution is 2.17. The van der Waals surface area contributed by atoms with Gasteiger partial charge in [-0.3, -0.25) is 4.79 Å². The number of hydrogen-bond donors (Lipinski definition) is 2. The largest absolute Gasteiger partial charge is 0.496 e. The lowest BCUT2D eigenvalue weighted by Crippen LogP contribution is -2.42. The summed E-state index contributed by atoms with van der Waals surface area (Å²) in [6.07, 6.45) is -0.00926. The number of rotatable bonds is 6. The molecule has 0 heterocycles. The highest BCUT2D eigenvalue weighted by Gasteiger charge is 2.27. The van der Waals surface area contributed by atoms with Gasteiger partial charge < -0.3 is 15.8 Å². The molecule has 108 valence electrons. The number of methoxy groups -OCH3 is 1. The van der Waals surface area contributed by atoms with Gasteiger partial charge in [-0.05, 0) is 6.07 Å². The summed E-state index contributed by atoms with van der Waals surface area (Å²) in [7, 11) is 1.49. The Labute approximate surface area is 116 Å². The van der Waals surface area contributed by atoms with Crippen molar-refractivity contribution in [2.45, 2.75) is 12.3 Å². The molecule has 1 rings (SSSR count). The van der Waals surface area contributed by atoms with Crippen molar-refractivity contribution in [3.05, 3.63) is 29.8 Å². The standard InChI is InChI=1S/C12H16F2N2O2.ClH/c1-18-10-5-3-2-4-9(10)6-11(17)16-8-12(13,14)7-15;/h2-5H,6-8,15H2,1H3,(H,16,17);1H. The van der Waals surface area contributed by atoms with Crippen LogP contribution in [0.4, 0.5) is 8.78 Å². The Hall–Kier alpha value is -1.40. The molecule has 7 heteroatoms. The molecule has 0 saturated carbocycles. The Balaban J connectivity index is 0.00000324. The van der Waals surface area contributed by atoms with Crippen LogP contribution in [0.5, 0.6) is 5.75 Å². The minimum atomic E-state index is -3.07. The maximum Gasteiger partial charge on any atom is 0.277 e. The molecule has 1 aromatic rings. The Bertz CT molecular complexity index is 416. The first-order chi connectivity index (χ1) is 8.48. The number of alkyl halides is 2. The van der Waals surface area contributed by atoms with E-state index in [0.717, 1.165) is 0 Å². The zero-order chi connectivity index (χ0) is 13.6. The van der Waals surface area contributed by atoms with E-state index in [1.807, 2.05) is 0 Å². The molecule has 0 aromatic heterocycles. The van der Waals surface area contributed by atoms with E-state index < -0.39 is 24.9 Å². The molecular weight excluding hydrogens is 278 g/mol. The first kappa shape index (κ1) is 17.6. The van der Waals surface area contributed by atoms with E-state index in [9.17, 15) is 13.6 Å². The van der Waals surface area contributed by atoms with Crippen LogP contribution in [-0.4, -0.2) is 32.0 Å². The number of para-hydroxylation sites is 1. The quantitative estimate of drug-likeness (QED) is 0.833. The van der Waals surface area contributed by atoms with Gasteiger partial charge in [-0.15, -0.1) is 12.4 Å². The van der Waals surface area contributed by atoms with E-state index in [4.69, 9.17) is 10.5 Å². The molecule has 19 heavy (non-hydrogen) atoms. The SMILES string of the molecule is COc1ccccc1CC(=O)NCC(F)(F)CN.Cl. The lowest BCUT2D eigenvalue weighted by molar-refractivity contribution is -0.122. The van der Waals surface area contributed by atoms with Gasteiger partial charge in [0.1, 0.15) is 5.75 Å². The van der Waals surface area contributed by atoms with E-state index in [-0.39, 0.29) is 18.8 Å². The maximum atomic E-state index is 12.8. The van der Waals surface area contributed by atoms with Crippen molar-refractivity contribution < 1.29 is 18.3 Å². The van der Waals surface area contributed by atoms with Crippen LogP contribution in [0.15, 0.2) is 24.3 Å². The number of ether oxygens (including phenoxy) is 1. The molecule has 0 unspecified atom stereocenters. The van der Waals surface area contributed by atoms with Gasteiger partial charge in [0.25, 0.3) is 5.92 Å². The van der Waals surface area contributed by atoms with Crippen LogP contribution in [0.2, 0.25) is 0 Å². The van der Waals surface area contributed by atoms with Crippen molar-refractivity contribution in [2.75, 3.05) is 20.2 Å². The molecule has 0 saturated heterocycles. The molecule has 0 bridgehead atoms. The van der Waals surface area contributed by atoms with Crippen LogP contribution in [0, 0.1) is 0 Å². The number of nitrogens with two attached hydrogens (primary N) is 1. The van der Waals surface area contributed by atoms with Crippen LogP contribution in [0.25, 0.3) is 0 Å². The second kappa shape index (κ2) is 7.91. The number of carbonyl (C=O) groups excluding carboxylic acids is 1. The van der Waals surface area contributed by atoms with Crippen LogP contribution in [0.3, 0.4) is 0 Å². The molecule has 0 fully saturated rings. The Morgan fingerprint density at radius 3 is 2.63 bits per heavy atom. The van der Waals surface area contributed by atoms with Gasteiger partial charge in [0.2, 0.25) is 5.91 Å². The number of amides is 1. The fourth-order valence-electron chi connectivity index (χ4n) is 1.38. The van der Waals surface area contributed by atoms with E-state index in [1.54, 1.807) is 24.3 Å². The molecule has 1 aromatic carbocycles. The van der Waals surface area contributed by atoms with Gasteiger partial charge in [0.15, 0.2) is 0 Å². The molecule has 4 nitrogen and oxygen atoms in total. The van der Waals surface area contributed by atoms with Crippen LogP contribution in [-0.2, 0) is 11.2 Å². The summed E-state index contributed by atoms with van der Waals surface area (Å²) in [5.74, 6) is -3.01. The van der Waals surface area contributed by atoms with Crippen molar-refractivity contribution in [3.63, 3.8) is 0 Å². The average Bonchev–Trinajstić information content (AvgIpc) is 2.37. The van der Waals surface area contributed by atoms with Gasteiger partial charge in [0, 0.05) is 5.56 Å². The van der Waals surface area contributed by atoms with Crippen molar-refractivity contribution in [1.29, 1.82) is 0 Å². The minimum Gasteiger partial charge on any atom is -0.496 e. The van der Waals surface area contributed by atoms with E-state index in [2.05, 4.69) is 5.32 Å². The second-order valence-corrected chi connectivity index (χ2v) is 3.83. The smallest absolute Gasteiger partial charge is 0.277 e. The molecule has 0 aliphatic heterocycles. The molecule has 0 aliphatic rings. The molecule has 0 radical (unpaired) electrons. The minimum absolute atomic E-state index is 0. The number of benzene rings is 1. The molecule has 0 atom stereocenters. The maximum absolute atomic E-state index is 12.8. The zero-order valence-corrected chi connectivity index (χ0v) is 11.3. The van der Waals surface area contributed by atoms with E-state index in [1.165, 1.54) is 7.11 Å². The van der Waals surface area contributed by atoms with Crippen molar-refractivity contribution >= 4 is 18.3 Å². The lowest BCUT2D eigenvalue weighted by atomic mass is 10.1. The number of carbonyl (C=O) groups is 1. The second-order valence-electron chi connectivity index (χ2n) is 3.83. The summed E-state index contributed by atoms with van der Waals surface area (Å²) < 4.78 is 30.7. The third-order valence-corrected chi connectivity index (χ3v) is 2.39. The summed E-state index contributed by atoms with van der Waals surface area (Å²) in [5.41, 5.74) is 5.52. The van der Waals surface area contributed by atoms with E-state index in [0.29, 0.717) is 11.3 Å². The summed E-state index contributed by atoms with van der Waals surface area (Å²) >= 11 is 0. The molecular formula is C12H17ClF2N2O2. The van der Waals surface area contributed by atoms with Crippen LogP contribution in [0.1, 0.15) is 5.56 Å². The summed E-state index contributed by atoms with van der Waals surface area (Å²) in [6.45, 7) is -1.54. The normalized spacial score (nSPS) is 10.5. The first-order valence-electron chi connectivity index (χ1n) is 5.45. The highest BCUT2D eigenvalue weighted by molar-refractivity contribution is 5.85. The predicted molar refractivity (Wildman–Crippen MR) is 71.0 cm³/mol. The summed E-state index contributed by atoms with van der Waals surface area (Å²) in [4.78, 5) is 11.5. The highest BCUT2D eigenvalue weighted by atomic mass is 35.5. The third-order valence-electron chi connectivity index (χ3n) is 2.39. The molecule has 0 spiro atoms. The van der Waals surface area contributed by atoms with Crippen LogP contribution >= 0.6 is 12.4 Å². The Morgan fingerprint density at radius 1 is 1.42 bits per heavy atom. The fourth-order valence-corrected chi connectivity index (χ4v) is 1.38. The molecule has 0 aliphatic carbocycles. The Morgan fingerprint density at radius 2 is 2.05 bits per heavy atom. The topological polar surface area (TPSA) is 64.3 Å². The summed E-state index contributed by atoms with van der Waals surface area (Å²) in [5, 5.41) is 2.15. The van der Waals surface area contributed by atoms with Gasteiger partial charge in [-0.25, -0.2) is 8.78 Å². The monoisotopic (exact) mass is 294 g/mol.